The first kappa shape index (κ1) is 14.5. The van der Waals surface area contributed by atoms with Crippen molar-refractivity contribution in [3.05, 3.63) is 65.0 Å². The van der Waals surface area contributed by atoms with Crippen molar-refractivity contribution in [1.82, 2.24) is 0 Å². The average molecular weight is 289 g/mol. The highest BCUT2D eigenvalue weighted by atomic mass is 19.1. The molecule has 0 aliphatic carbocycles. The molecule has 21 heavy (non-hydrogen) atoms. The Morgan fingerprint density at radius 1 is 1.19 bits per heavy atom. The highest BCUT2D eigenvalue weighted by molar-refractivity contribution is 5.93. The lowest BCUT2D eigenvalue weighted by Gasteiger charge is -2.10. The van der Waals surface area contributed by atoms with E-state index in [-0.39, 0.29) is 12.4 Å². The molecule has 2 rings (SSSR count). The molecule has 0 aliphatic rings. The third-order valence-electron chi connectivity index (χ3n) is 2.80. The number of hydrogen-bond donors (Lipinski definition) is 2. The van der Waals surface area contributed by atoms with Crippen LogP contribution in [0.1, 0.15) is 26.3 Å². The smallest absolute Gasteiger partial charge is 0.342 e. The van der Waals surface area contributed by atoms with Crippen LogP contribution in [0.4, 0.5) is 4.39 Å². The standard InChI is InChI=1S/C15H12FNO4/c16-11-5-2-6-12(13(11)15(19)20)21-8-9-3-1-4-10(7-9)14(17)18/h1-7H,8H2,(H2,17,18)(H,19,20). The summed E-state index contributed by atoms with van der Waals surface area (Å²) in [5.41, 5.74) is 5.57. The number of halogens is 1. The van der Waals surface area contributed by atoms with E-state index in [0.717, 1.165) is 6.07 Å². The van der Waals surface area contributed by atoms with Crippen LogP contribution >= 0.6 is 0 Å². The molecule has 0 aromatic heterocycles. The number of rotatable bonds is 5. The second kappa shape index (κ2) is 6.04. The van der Waals surface area contributed by atoms with Gasteiger partial charge in [-0.15, -0.1) is 0 Å². The second-order valence-electron chi connectivity index (χ2n) is 4.27. The van der Waals surface area contributed by atoms with Crippen molar-refractivity contribution >= 4 is 11.9 Å². The van der Waals surface area contributed by atoms with Gasteiger partial charge in [0.1, 0.15) is 23.7 Å². The fourth-order valence-electron chi connectivity index (χ4n) is 1.81. The minimum Gasteiger partial charge on any atom is -0.488 e. The van der Waals surface area contributed by atoms with Crippen LogP contribution in [-0.4, -0.2) is 17.0 Å². The third-order valence-corrected chi connectivity index (χ3v) is 2.80. The van der Waals surface area contributed by atoms with Crippen LogP contribution < -0.4 is 10.5 Å². The largest absolute Gasteiger partial charge is 0.488 e. The SMILES string of the molecule is NC(=O)c1cccc(COc2cccc(F)c2C(=O)O)c1. The van der Waals surface area contributed by atoms with Gasteiger partial charge in [0.25, 0.3) is 0 Å². The molecule has 0 saturated carbocycles. The van der Waals surface area contributed by atoms with Crippen molar-refractivity contribution in [2.24, 2.45) is 5.73 Å². The zero-order chi connectivity index (χ0) is 15.4. The first-order valence-electron chi connectivity index (χ1n) is 6.02. The maximum atomic E-state index is 13.5. The van der Waals surface area contributed by atoms with Gasteiger partial charge >= 0.3 is 5.97 Å². The Kier molecular flexibility index (Phi) is 4.18. The van der Waals surface area contributed by atoms with E-state index in [1.807, 2.05) is 0 Å². The molecular weight excluding hydrogens is 277 g/mol. The van der Waals surface area contributed by atoms with Crippen LogP contribution in [0.2, 0.25) is 0 Å². The lowest BCUT2D eigenvalue weighted by molar-refractivity contribution is 0.0686. The summed E-state index contributed by atoms with van der Waals surface area (Å²) in [4.78, 5) is 22.1. The van der Waals surface area contributed by atoms with E-state index >= 15 is 0 Å². The molecule has 0 unspecified atom stereocenters. The predicted octanol–water partition coefficient (Wildman–Crippen LogP) is 2.20. The Balaban J connectivity index is 2.21. The number of amides is 1. The molecule has 0 fully saturated rings. The maximum absolute atomic E-state index is 13.5. The first-order chi connectivity index (χ1) is 9.99. The average Bonchev–Trinajstić information content (AvgIpc) is 2.45. The number of nitrogens with two attached hydrogens (primary N) is 1. The Labute approximate surface area is 119 Å². The van der Waals surface area contributed by atoms with Gasteiger partial charge in [-0.1, -0.05) is 18.2 Å². The normalized spacial score (nSPS) is 10.1. The van der Waals surface area contributed by atoms with Gasteiger partial charge < -0.3 is 15.6 Å². The number of primary amides is 1. The maximum Gasteiger partial charge on any atom is 0.342 e. The summed E-state index contributed by atoms with van der Waals surface area (Å²) in [5.74, 6) is -2.93. The zero-order valence-corrected chi connectivity index (χ0v) is 10.9. The summed E-state index contributed by atoms with van der Waals surface area (Å²) < 4.78 is 18.8. The molecule has 0 bridgehead atoms. The summed E-state index contributed by atoms with van der Waals surface area (Å²) in [6.45, 7) is -0.00907. The Bertz CT molecular complexity index is 700. The minimum atomic E-state index is -1.41. The highest BCUT2D eigenvalue weighted by Gasteiger charge is 2.16. The molecule has 0 heterocycles. The summed E-state index contributed by atoms with van der Waals surface area (Å²) in [6, 6.07) is 10.2. The molecular formula is C15H12FNO4. The highest BCUT2D eigenvalue weighted by Crippen LogP contribution is 2.22. The van der Waals surface area contributed by atoms with Gasteiger partial charge in [0.15, 0.2) is 0 Å². The third kappa shape index (κ3) is 3.36. The monoisotopic (exact) mass is 289 g/mol. The lowest BCUT2D eigenvalue weighted by atomic mass is 10.1. The minimum absolute atomic E-state index is 0.00907. The molecule has 0 saturated heterocycles. The van der Waals surface area contributed by atoms with E-state index in [0.29, 0.717) is 11.1 Å². The van der Waals surface area contributed by atoms with Crippen molar-refractivity contribution in [2.45, 2.75) is 6.61 Å². The van der Waals surface area contributed by atoms with E-state index in [2.05, 4.69) is 0 Å². The molecule has 3 N–H and O–H groups in total. The molecule has 0 atom stereocenters. The van der Waals surface area contributed by atoms with Crippen molar-refractivity contribution in [1.29, 1.82) is 0 Å². The second-order valence-corrected chi connectivity index (χ2v) is 4.27. The van der Waals surface area contributed by atoms with Crippen LogP contribution in [0.25, 0.3) is 0 Å². The van der Waals surface area contributed by atoms with E-state index in [9.17, 15) is 14.0 Å². The predicted molar refractivity (Wildman–Crippen MR) is 72.7 cm³/mol. The molecule has 0 aliphatic heterocycles. The summed E-state index contributed by atoms with van der Waals surface area (Å²) in [6.07, 6.45) is 0. The first-order valence-corrected chi connectivity index (χ1v) is 6.02. The van der Waals surface area contributed by atoms with Gasteiger partial charge in [-0.3, -0.25) is 4.79 Å². The molecule has 2 aromatic carbocycles. The van der Waals surface area contributed by atoms with Crippen LogP contribution in [0.5, 0.6) is 5.75 Å². The summed E-state index contributed by atoms with van der Waals surface area (Å²) in [7, 11) is 0. The molecule has 0 radical (unpaired) electrons. The van der Waals surface area contributed by atoms with E-state index in [1.165, 1.54) is 18.2 Å². The number of hydrogen-bond acceptors (Lipinski definition) is 3. The van der Waals surface area contributed by atoms with Crippen LogP contribution in [-0.2, 0) is 6.61 Å². The molecule has 108 valence electrons. The van der Waals surface area contributed by atoms with Crippen molar-refractivity contribution in [2.75, 3.05) is 0 Å². The summed E-state index contributed by atoms with van der Waals surface area (Å²) >= 11 is 0. The fourth-order valence-corrected chi connectivity index (χ4v) is 1.81. The quantitative estimate of drug-likeness (QED) is 0.883. The van der Waals surface area contributed by atoms with Gasteiger partial charge in [0.05, 0.1) is 0 Å². The van der Waals surface area contributed by atoms with Gasteiger partial charge in [-0.05, 0) is 29.8 Å². The fraction of sp³-hybridized carbons (Fsp3) is 0.0667. The van der Waals surface area contributed by atoms with Crippen molar-refractivity contribution in [3.8, 4) is 5.75 Å². The van der Waals surface area contributed by atoms with E-state index in [4.69, 9.17) is 15.6 Å². The number of carbonyl (C=O) groups excluding carboxylic acids is 1. The molecule has 0 spiro atoms. The number of ether oxygens (including phenoxy) is 1. The van der Waals surface area contributed by atoms with Crippen molar-refractivity contribution in [3.63, 3.8) is 0 Å². The number of benzene rings is 2. The number of aromatic carboxylic acids is 1. The van der Waals surface area contributed by atoms with Crippen molar-refractivity contribution < 1.29 is 23.8 Å². The Morgan fingerprint density at radius 3 is 2.57 bits per heavy atom. The topological polar surface area (TPSA) is 89.6 Å². The van der Waals surface area contributed by atoms with Gasteiger partial charge in [0.2, 0.25) is 5.91 Å². The lowest BCUT2D eigenvalue weighted by Crippen LogP contribution is -2.11. The van der Waals surface area contributed by atoms with Crippen LogP contribution in [0.15, 0.2) is 42.5 Å². The number of carboxylic acid groups (broad SMARTS) is 1. The van der Waals surface area contributed by atoms with E-state index in [1.54, 1.807) is 18.2 Å². The van der Waals surface area contributed by atoms with Crippen LogP contribution in [0, 0.1) is 5.82 Å². The Morgan fingerprint density at radius 2 is 1.90 bits per heavy atom. The molecule has 6 heteroatoms. The van der Waals surface area contributed by atoms with Gasteiger partial charge in [-0.25, -0.2) is 9.18 Å². The van der Waals surface area contributed by atoms with Crippen LogP contribution in [0.3, 0.4) is 0 Å². The van der Waals surface area contributed by atoms with Gasteiger partial charge in [-0.2, -0.15) is 0 Å². The van der Waals surface area contributed by atoms with E-state index < -0.39 is 23.3 Å². The number of carboxylic acids is 1. The summed E-state index contributed by atoms with van der Waals surface area (Å²) in [5, 5.41) is 8.98. The zero-order valence-electron chi connectivity index (χ0n) is 10.9. The molecule has 1 amide bonds. The Hall–Kier alpha value is -2.89. The number of carbonyl (C=O) groups is 2. The van der Waals surface area contributed by atoms with Gasteiger partial charge in [0, 0.05) is 5.56 Å². The molecule has 2 aromatic rings. The molecule has 5 nitrogen and oxygen atoms in total.